The van der Waals surface area contributed by atoms with Crippen LogP contribution in [0.25, 0.3) is 0 Å². The van der Waals surface area contributed by atoms with Crippen molar-refractivity contribution >= 4 is 29.3 Å². The zero-order valence-corrected chi connectivity index (χ0v) is 14.1. The van der Waals surface area contributed by atoms with Gasteiger partial charge in [-0.25, -0.2) is 9.78 Å². The monoisotopic (exact) mass is 333 g/mol. The summed E-state index contributed by atoms with van der Waals surface area (Å²) in [7, 11) is 1.31. The fourth-order valence-electron chi connectivity index (χ4n) is 2.08. The number of rotatable bonds is 6. The third-order valence-electron chi connectivity index (χ3n) is 3.25. The maximum Gasteiger partial charge on any atom is 0.339 e. The molecule has 2 rings (SSSR count). The number of para-hydroxylation sites is 1. The fourth-order valence-corrected chi connectivity index (χ4v) is 2.82. The van der Waals surface area contributed by atoms with Crippen molar-refractivity contribution in [3.63, 3.8) is 0 Å². The molecule has 1 aromatic carbocycles. The molecule has 0 radical (unpaired) electrons. The van der Waals surface area contributed by atoms with Crippen LogP contribution in [0.5, 0.6) is 0 Å². The lowest BCUT2D eigenvalue weighted by Crippen LogP contribution is -2.17. The number of aromatic amines is 1. The Hall–Kier alpha value is -2.28. The fraction of sp³-hybridized carbons (Fsp3) is 0.312. The summed E-state index contributed by atoms with van der Waals surface area (Å²) in [5.74, 6) is -0.493. The Bertz CT molecular complexity index is 712. The molecule has 0 fully saturated rings. The van der Waals surface area contributed by atoms with E-state index in [0.29, 0.717) is 11.3 Å². The molecule has 1 amide bonds. The summed E-state index contributed by atoms with van der Waals surface area (Å²) in [5, 5.41) is 3.45. The molecule has 2 N–H and O–H groups in total. The highest BCUT2D eigenvalue weighted by Gasteiger charge is 2.14. The average molecular weight is 333 g/mol. The predicted octanol–water partition coefficient (Wildman–Crippen LogP) is 2.80. The van der Waals surface area contributed by atoms with Gasteiger partial charge in [0.1, 0.15) is 0 Å². The number of anilines is 1. The van der Waals surface area contributed by atoms with Crippen molar-refractivity contribution in [2.45, 2.75) is 25.4 Å². The summed E-state index contributed by atoms with van der Waals surface area (Å²) >= 11 is 1.32. The number of hydrogen-bond acceptors (Lipinski definition) is 5. The van der Waals surface area contributed by atoms with Crippen LogP contribution in [0.2, 0.25) is 0 Å². The summed E-state index contributed by atoms with van der Waals surface area (Å²) in [4.78, 5) is 31.3. The molecule has 0 spiro atoms. The van der Waals surface area contributed by atoms with Gasteiger partial charge in [-0.2, -0.15) is 0 Å². The Labute approximate surface area is 139 Å². The summed E-state index contributed by atoms with van der Waals surface area (Å²) in [6.45, 7) is 4.00. The number of nitrogens with one attached hydrogen (secondary N) is 2. The Morgan fingerprint density at radius 1 is 1.35 bits per heavy atom. The van der Waals surface area contributed by atoms with Crippen LogP contribution in [-0.2, 0) is 16.0 Å². The third kappa shape index (κ3) is 4.35. The first kappa shape index (κ1) is 17.1. The van der Waals surface area contributed by atoms with Crippen LogP contribution in [0, 0.1) is 6.92 Å². The van der Waals surface area contributed by atoms with Crippen molar-refractivity contribution in [2.24, 2.45) is 0 Å². The van der Waals surface area contributed by atoms with E-state index >= 15 is 0 Å². The number of amides is 1. The number of carbonyl (C=O) groups excluding carboxylic acids is 2. The second-order valence-electron chi connectivity index (χ2n) is 4.84. The molecule has 1 heterocycles. The predicted molar refractivity (Wildman–Crippen MR) is 89.8 cm³/mol. The molecule has 0 unspecified atom stereocenters. The van der Waals surface area contributed by atoms with Crippen molar-refractivity contribution in [3.05, 3.63) is 41.2 Å². The number of hydrogen-bond donors (Lipinski definition) is 2. The lowest BCUT2D eigenvalue weighted by Gasteiger charge is -2.09. The number of carbonyl (C=O) groups is 2. The van der Waals surface area contributed by atoms with Crippen molar-refractivity contribution < 1.29 is 14.3 Å². The van der Waals surface area contributed by atoms with Crippen LogP contribution in [0.3, 0.4) is 0 Å². The van der Waals surface area contributed by atoms with Crippen molar-refractivity contribution in [3.8, 4) is 0 Å². The van der Waals surface area contributed by atoms with Crippen LogP contribution in [0.15, 0.2) is 29.4 Å². The Morgan fingerprint density at radius 2 is 2.09 bits per heavy atom. The highest BCUT2D eigenvalue weighted by molar-refractivity contribution is 7.99. The molecule has 6 nitrogen and oxygen atoms in total. The van der Waals surface area contributed by atoms with Gasteiger partial charge in [0.25, 0.3) is 0 Å². The molecule has 23 heavy (non-hydrogen) atoms. The van der Waals surface area contributed by atoms with Gasteiger partial charge in [-0.15, -0.1) is 0 Å². The molecule has 0 saturated carbocycles. The SMILES string of the molecule is CCc1nc(SCC(=O)Nc2ccccc2C(=O)OC)[nH]c1C. The quantitative estimate of drug-likeness (QED) is 0.627. The zero-order valence-electron chi connectivity index (χ0n) is 13.3. The standard InChI is InChI=1S/C16H19N3O3S/c1-4-12-10(2)17-16(19-12)23-9-14(20)18-13-8-6-5-7-11(13)15(21)22-3/h5-8H,4,9H2,1-3H3,(H,17,19)(H,18,20). The van der Waals surface area contributed by atoms with Crippen LogP contribution in [0.4, 0.5) is 5.69 Å². The highest BCUT2D eigenvalue weighted by atomic mass is 32.2. The van der Waals surface area contributed by atoms with Gasteiger partial charge < -0.3 is 15.0 Å². The number of nitrogens with zero attached hydrogens (tertiary/aromatic N) is 1. The van der Waals surface area contributed by atoms with Crippen LogP contribution in [0.1, 0.15) is 28.7 Å². The van der Waals surface area contributed by atoms with Gasteiger partial charge in [0.05, 0.1) is 29.8 Å². The second kappa shape index (κ2) is 7.82. The highest BCUT2D eigenvalue weighted by Crippen LogP contribution is 2.19. The molecular weight excluding hydrogens is 314 g/mol. The maximum absolute atomic E-state index is 12.1. The van der Waals surface area contributed by atoms with E-state index < -0.39 is 5.97 Å². The number of methoxy groups -OCH3 is 1. The van der Waals surface area contributed by atoms with Crippen molar-refractivity contribution in [2.75, 3.05) is 18.2 Å². The van der Waals surface area contributed by atoms with E-state index in [2.05, 4.69) is 15.3 Å². The van der Waals surface area contributed by atoms with Gasteiger partial charge in [0, 0.05) is 5.69 Å². The Kier molecular flexibility index (Phi) is 5.81. The number of thioether (sulfide) groups is 1. The number of H-pyrrole nitrogens is 1. The Balaban J connectivity index is 1.98. The number of aryl methyl sites for hydroxylation is 2. The van der Waals surface area contributed by atoms with Gasteiger partial charge in [-0.1, -0.05) is 30.8 Å². The van der Waals surface area contributed by atoms with Crippen LogP contribution >= 0.6 is 11.8 Å². The lowest BCUT2D eigenvalue weighted by atomic mass is 10.2. The average Bonchev–Trinajstić information content (AvgIpc) is 2.92. The minimum Gasteiger partial charge on any atom is -0.465 e. The molecule has 122 valence electrons. The number of benzene rings is 1. The second-order valence-corrected chi connectivity index (χ2v) is 5.81. The molecule has 0 aliphatic rings. The largest absolute Gasteiger partial charge is 0.465 e. The first-order chi connectivity index (χ1) is 11.0. The maximum atomic E-state index is 12.1. The zero-order chi connectivity index (χ0) is 16.8. The van der Waals surface area contributed by atoms with Gasteiger partial charge in [-0.3, -0.25) is 4.79 Å². The van der Waals surface area contributed by atoms with E-state index in [9.17, 15) is 9.59 Å². The molecule has 0 aliphatic heterocycles. The molecule has 0 bridgehead atoms. The van der Waals surface area contributed by atoms with E-state index in [4.69, 9.17) is 4.74 Å². The molecule has 0 saturated heterocycles. The van der Waals surface area contributed by atoms with Gasteiger partial charge in [0.15, 0.2) is 5.16 Å². The first-order valence-corrected chi connectivity index (χ1v) is 8.19. The Morgan fingerprint density at radius 3 is 2.74 bits per heavy atom. The number of ether oxygens (including phenoxy) is 1. The van der Waals surface area contributed by atoms with E-state index in [1.54, 1.807) is 24.3 Å². The molecular formula is C16H19N3O3S. The smallest absolute Gasteiger partial charge is 0.339 e. The van der Waals surface area contributed by atoms with E-state index in [1.165, 1.54) is 18.9 Å². The number of esters is 1. The molecule has 0 aliphatic carbocycles. The van der Waals surface area contributed by atoms with E-state index in [-0.39, 0.29) is 11.7 Å². The molecule has 0 atom stereocenters. The van der Waals surface area contributed by atoms with Crippen LogP contribution < -0.4 is 5.32 Å². The van der Waals surface area contributed by atoms with E-state index in [0.717, 1.165) is 23.0 Å². The summed E-state index contributed by atoms with van der Waals surface area (Å²) in [5.41, 5.74) is 2.79. The minimum atomic E-state index is -0.484. The van der Waals surface area contributed by atoms with Gasteiger partial charge in [-0.05, 0) is 25.5 Å². The minimum absolute atomic E-state index is 0.200. The molecule has 7 heteroatoms. The number of imidazole rings is 1. The lowest BCUT2D eigenvalue weighted by molar-refractivity contribution is -0.113. The van der Waals surface area contributed by atoms with Crippen molar-refractivity contribution in [1.29, 1.82) is 0 Å². The summed E-state index contributed by atoms with van der Waals surface area (Å²) in [6, 6.07) is 6.74. The summed E-state index contributed by atoms with van der Waals surface area (Å²) in [6.07, 6.45) is 0.849. The molecule has 1 aromatic heterocycles. The van der Waals surface area contributed by atoms with Crippen LogP contribution in [-0.4, -0.2) is 34.7 Å². The summed E-state index contributed by atoms with van der Waals surface area (Å²) < 4.78 is 4.71. The van der Waals surface area contributed by atoms with Crippen molar-refractivity contribution in [1.82, 2.24) is 9.97 Å². The molecule has 2 aromatic rings. The van der Waals surface area contributed by atoms with Gasteiger partial charge >= 0.3 is 5.97 Å². The van der Waals surface area contributed by atoms with Gasteiger partial charge in [0.2, 0.25) is 5.91 Å². The first-order valence-electron chi connectivity index (χ1n) is 7.20. The third-order valence-corrected chi connectivity index (χ3v) is 4.12. The number of aromatic nitrogens is 2. The van der Waals surface area contributed by atoms with E-state index in [1.807, 2.05) is 13.8 Å². The normalized spacial score (nSPS) is 10.4. The topological polar surface area (TPSA) is 84.1 Å².